The Hall–Kier alpha value is -0.790. The van der Waals surface area contributed by atoms with Gasteiger partial charge in [0.25, 0.3) is 0 Å². The first-order valence-corrected chi connectivity index (χ1v) is 6.38. The summed E-state index contributed by atoms with van der Waals surface area (Å²) in [7, 11) is 0. The van der Waals surface area contributed by atoms with Crippen molar-refractivity contribution in [2.24, 2.45) is 11.8 Å². The minimum absolute atomic E-state index is 0.0440. The van der Waals surface area contributed by atoms with Crippen molar-refractivity contribution in [3.8, 4) is 0 Å². The molecule has 0 aromatic rings. The molecule has 0 aromatic heterocycles. The number of carbonyl (C=O) groups excluding carboxylic acids is 1. The molecule has 0 aliphatic carbocycles. The zero-order valence-corrected chi connectivity index (χ0v) is 11.3. The lowest BCUT2D eigenvalue weighted by Crippen LogP contribution is -2.34. The Kier molecular flexibility index (Phi) is 7.96. The van der Waals surface area contributed by atoms with Crippen molar-refractivity contribution < 1.29 is 4.79 Å². The molecule has 0 heterocycles. The molecular formula is C14H27NO. The Bertz CT molecular complexity index is 197. The van der Waals surface area contributed by atoms with Crippen molar-refractivity contribution in [2.45, 2.75) is 59.4 Å². The van der Waals surface area contributed by atoms with E-state index in [0.717, 1.165) is 12.8 Å². The molecule has 0 aliphatic heterocycles. The first-order chi connectivity index (χ1) is 7.45. The highest BCUT2D eigenvalue weighted by Crippen LogP contribution is 2.14. The van der Waals surface area contributed by atoms with Crippen LogP contribution in [0.25, 0.3) is 0 Å². The number of hydrogen-bond donors (Lipinski definition) is 1. The average molecular weight is 225 g/mol. The van der Waals surface area contributed by atoms with Gasteiger partial charge in [0.15, 0.2) is 0 Å². The van der Waals surface area contributed by atoms with E-state index in [4.69, 9.17) is 0 Å². The van der Waals surface area contributed by atoms with Crippen LogP contribution in [0.2, 0.25) is 0 Å². The van der Waals surface area contributed by atoms with E-state index in [1.54, 1.807) is 0 Å². The van der Waals surface area contributed by atoms with Gasteiger partial charge in [0.05, 0.1) is 0 Å². The normalized spacial score (nSPS) is 11.2. The first-order valence-electron chi connectivity index (χ1n) is 6.38. The van der Waals surface area contributed by atoms with Gasteiger partial charge in [0.2, 0.25) is 5.91 Å². The van der Waals surface area contributed by atoms with E-state index in [1.165, 1.54) is 18.9 Å². The van der Waals surface area contributed by atoms with Crippen LogP contribution in [0.4, 0.5) is 0 Å². The van der Waals surface area contributed by atoms with Crippen molar-refractivity contribution in [1.29, 1.82) is 0 Å². The maximum Gasteiger partial charge on any atom is 0.243 e. The lowest BCUT2D eigenvalue weighted by atomic mass is 9.97. The summed E-state index contributed by atoms with van der Waals surface area (Å²) in [5, 5.41) is 3.02. The molecule has 0 saturated carbocycles. The van der Waals surface area contributed by atoms with Gasteiger partial charge >= 0.3 is 0 Å². The molecule has 0 atom stereocenters. The van der Waals surface area contributed by atoms with Crippen molar-refractivity contribution in [1.82, 2.24) is 5.32 Å². The summed E-state index contributed by atoms with van der Waals surface area (Å²) in [5.74, 6) is 1.35. The molecule has 0 spiro atoms. The van der Waals surface area contributed by atoms with E-state index >= 15 is 0 Å². The SMILES string of the molecule is C=CC(=O)NC(CCC(C)C)CCC(C)C. The Balaban J connectivity index is 4.04. The second-order valence-corrected chi connectivity index (χ2v) is 5.35. The molecule has 94 valence electrons. The number of hydrogen-bond acceptors (Lipinski definition) is 1. The highest BCUT2D eigenvalue weighted by atomic mass is 16.1. The summed E-state index contributed by atoms with van der Waals surface area (Å²) in [6.45, 7) is 12.4. The van der Waals surface area contributed by atoms with Gasteiger partial charge in [-0.25, -0.2) is 0 Å². The van der Waals surface area contributed by atoms with Crippen molar-refractivity contribution in [3.05, 3.63) is 12.7 Å². The number of amides is 1. The van der Waals surface area contributed by atoms with E-state index in [-0.39, 0.29) is 5.91 Å². The van der Waals surface area contributed by atoms with E-state index < -0.39 is 0 Å². The zero-order chi connectivity index (χ0) is 12.6. The van der Waals surface area contributed by atoms with E-state index in [9.17, 15) is 4.79 Å². The molecule has 0 unspecified atom stereocenters. The third-order valence-electron chi connectivity index (χ3n) is 2.72. The van der Waals surface area contributed by atoms with Gasteiger partial charge in [-0.05, 0) is 43.6 Å². The lowest BCUT2D eigenvalue weighted by molar-refractivity contribution is -0.117. The molecule has 0 saturated heterocycles. The monoisotopic (exact) mass is 225 g/mol. The summed E-state index contributed by atoms with van der Waals surface area (Å²) in [5.41, 5.74) is 0. The van der Waals surface area contributed by atoms with Gasteiger partial charge < -0.3 is 5.32 Å². The van der Waals surface area contributed by atoms with Crippen LogP contribution in [0.3, 0.4) is 0 Å². The van der Waals surface area contributed by atoms with Crippen LogP contribution in [0.1, 0.15) is 53.4 Å². The Morgan fingerprint density at radius 3 is 1.81 bits per heavy atom. The quantitative estimate of drug-likeness (QED) is 0.629. The summed E-state index contributed by atoms with van der Waals surface area (Å²) in [6, 6.07) is 0.315. The lowest BCUT2D eigenvalue weighted by Gasteiger charge is -2.19. The molecule has 0 fully saturated rings. The van der Waals surface area contributed by atoms with Crippen LogP contribution in [-0.4, -0.2) is 11.9 Å². The Morgan fingerprint density at radius 2 is 1.50 bits per heavy atom. The maximum absolute atomic E-state index is 11.3. The second kappa shape index (κ2) is 8.37. The number of nitrogens with one attached hydrogen (secondary N) is 1. The van der Waals surface area contributed by atoms with E-state index in [0.29, 0.717) is 17.9 Å². The number of carbonyl (C=O) groups is 1. The predicted octanol–water partition coefficient (Wildman–Crippen LogP) is 3.53. The fourth-order valence-electron chi connectivity index (χ4n) is 1.62. The van der Waals surface area contributed by atoms with Gasteiger partial charge in [-0.3, -0.25) is 4.79 Å². The van der Waals surface area contributed by atoms with Crippen molar-refractivity contribution in [3.63, 3.8) is 0 Å². The van der Waals surface area contributed by atoms with Gasteiger partial charge in [-0.1, -0.05) is 34.3 Å². The van der Waals surface area contributed by atoms with Crippen LogP contribution >= 0.6 is 0 Å². The van der Waals surface area contributed by atoms with Crippen molar-refractivity contribution in [2.75, 3.05) is 0 Å². The van der Waals surface area contributed by atoms with Crippen LogP contribution in [0, 0.1) is 11.8 Å². The average Bonchev–Trinajstić information content (AvgIpc) is 2.21. The summed E-state index contributed by atoms with van der Waals surface area (Å²) in [6.07, 6.45) is 5.84. The van der Waals surface area contributed by atoms with Gasteiger partial charge in [0.1, 0.15) is 0 Å². The number of rotatable bonds is 8. The highest BCUT2D eigenvalue weighted by molar-refractivity contribution is 5.87. The third-order valence-corrected chi connectivity index (χ3v) is 2.72. The van der Waals surface area contributed by atoms with Gasteiger partial charge in [-0.15, -0.1) is 0 Å². The standard InChI is InChI=1S/C14H27NO/c1-6-14(16)15-13(9-7-11(2)3)10-8-12(4)5/h6,11-13H,1,7-10H2,2-5H3,(H,15,16). The van der Waals surface area contributed by atoms with E-state index in [2.05, 4.69) is 39.6 Å². The first kappa shape index (κ1) is 15.2. The minimum Gasteiger partial charge on any atom is -0.350 e. The molecule has 0 radical (unpaired) electrons. The topological polar surface area (TPSA) is 29.1 Å². The Labute approximate surface area is 101 Å². The van der Waals surface area contributed by atoms with E-state index in [1.807, 2.05) is 0 Å². The molecule has 2 heteroatoms. The highest BCUT2D eigenvalue weighted by Gasteiger charge is 2.11. The molecule has 1 N–H and O–H groups in total. The molecule has 0 aliphatic rings. The molecule has 0 bridgehead atoms. The molecule has 0 rings (SSSR count). The van der Waals surface area contributed by atoms with Crippen LogP contribution in [0.15, 0.2) is 12.7 Å². The van der Waals surface area contributed by atoms with Crippen LogP contribution in [0.5, 0.6) is 0 Å². The summed E-state index contributed by atoms with van der Waals surface area (Å²) in [4.78, 5) is 11.3. The minimum atomic E-state index is -0.0440. The maximum atomic E-state index is 11.3. The van der Waals surface area contributed by atoms with Gasteiger partial charge in [-0.2, -0.15) is 0 Å². The molecule has 1 amide bonds. The fourth-order valence-corrected chi connectivity index (χ4v) is 1.62. The Morgan fingerprint density at radius 1 is 1.06 bits per heavy atom. The third kappa shape index (κ3) is 8.51. The molecule has 2 nitrogen and oxygen atoms in total. The second-order valence-electron chi connectivity index (χ2n) is 5.35. The fraction of sp³-hybridized carbons (Fsp3) is 0.786. The van der Waals surface area contributed by atoms with Crippen LogP contribution < -0.4 is 5.32 Å². The summed E-state index contributed by atoms with van der Waals surface area (Å²) < 4.78 is 0. The van der Waals surface area contributed by atoms with Crippen molar-refractivity contribution >= 4 is 5.91 Å². The largest absolute Gasteiger partial charge is 0.350 e. The summed E-state index contributed by atoms with van der Waals surface area (Å²) >= 11 is 0. The van der Waals surface area contributed by atoms with Crippen LogP contribution in [-0.2, 0) is 4.79 Å². The molecule has 0 aromatic carbocycles. The molecular weight excluding hydrogens is 198 g/mol. The molecule has 16 heavy (non-hydrogen) atoms. The predicted molar refractivity (Wildman–Crippen MR) is 70.3 cm³/mol. The van der Waals surface area contributed by atoms with Gasteiger partial charge in [0, 0.05) is 6.04 Å². The smallest absolute Gasteiger partial charge is 0.243 e. The zero-order valence-electron chi connectivity index (χ0n) is 11.3.